The second kappa shape index (κ2) is 11.0. The van der Waals surface area contributed by atoms with E-state index in [0.717, 1.165) is 55.1 Å². The highest BCUT2D eigenvalue weighted by Gasteiger charge is 2.21. The monoisotopic (exact) mass is 350 g/mol. The number of nitrogens with zero attached hydrogens (tertiary/aromatic N) is 2. The van der Waals surface area contributed by atoms with Crippen molar-refractivity contribution in [1.29, 1.82) is 10.5 Å². The first-order chi connectivity index (χ1) is 12.7. The maximum atomic E-state index is 9.63. The summed E-state index contributed by atoms with van der Waals surface area (Å²) in [4.78, 5) is 0. The SMILES string of the molecule is CCCCc1ccc(CCC2CCC(CCCC)CC2)c(C#N)c1C#N. The molecule has 1 aliphatic carbocycles. The van der Waals surface area contributed by atoms with Crippen LogP contribution in [0.15, 0.2) is 12.1 Å². The van der Waals surface area contributed by atoms with Gasteiger partial charge in [-0.15, -0.1) is 0 Å². The third-order valence-electron chi connectivity index (χ3n) is 6.16. The van der Waals surface area contributed by atoms with E-state index in [9.17, 15) is 10.5 Å². The van der Waals surface area contributed by atoms with Crippen LogP contribution in [0.1, 0.15) is 100 Å². The summed E-state index contributed by atoms with van der Waals surface area (Å²) in [5.74, 6) is 1.74. The van der Waals surface area contributed by atoms with E-state index in [1.54, 1.807) is 0 Å². The number of rotatable bonds is 9. The average molecular weight is 351 g/mol. The minimum absolute atomic E-state index is 0.627. The van der Waals surface area contributed by atoms with Crippen LogP contribution in [0, 0.1) is 34.5 Å². The molecule has 0 N–H and O–H groups in total. The van der Waals surface area contributed by atoms with Crippen molar-refractivity contribution in [3.63, 3.8) is 0 Å². The quantitative estimate of drug-likeness (QED) is 0.497. The molecule has 0 heterocycles. The van der Waals surface area contributed by atoms with Gasteiger partial charge in [0, 0.05) is 0 Å². The molecule has 1 aliphatic rings. The van der Waals surface area contributed by atoms with E-state index >= 15 is 0 Å². The molecule has 1 fully saturated rings. The summed E-state index contributed by atoms with van der Waals surface area (Å²) < 4.78 is 0. The van der Waals surface area contributed by atoms with Crippen molar-refractivity contribution in [2.45, 2.75) is 90.9 Å². The maximum Gasteiger partial charge on any atom is 0.101 e. The van der Waals surface area contributed by atoms with Crippen molar-refractivity contribution >= 4 is 0 Å². The Bertz CT molecular complexity index is 639. The van der Waals surface area contributed by atoms with E-state index in [1.807, 2.05) is 0 Å². The molecule has 1 saturated carbocycles. The Morgan fingerprint density at radius 3 is 1.77 bits per heavy atom. The van der Waals surface area contributed by atoms with Crippen molar-refractivity contribution in [2.24, 2.45) is 11.8 Å². The molecule has 1 aromatic carbocycles. The second-order valence-electron chi connectivity index (χ2n) is 8.03. The summed E-state index contributed by atoms with van der Waals surface area (Å²) >= 11 is 0. The molecule has 0 amide bonds. The van der Waals surface area contributed by atoms with Gasteiger partial charge in [0.25, 0.3) is 0 Å². The fourth-order valence-electron chi connectivity index (χ4n) is 4.39. The van der Waals surface area contributed by atoms with Crippen LogP contribution in [0.3, 0.4) is 0 Å². The van der Waals surface area contributed by atoms with Gasteiger partial charge in [0.1, 0.15) is 12.1 Å². The number of benzene rings is 1. The minimum Gasteiger partial charge on any atom is -0.192 e. The number of hydrogen-bond donors (Lipinski definition) is 0. The Labute approximate surface area is 160 Å². The van der Waals surface area contributed by atoms with Gasteiger partial charge in [0.2, 0.25) is 0 Å². The molecule has 0 radical (unpaired) electrons. The third-order valence-corrected chi connectivity index (χ3v) is 6.16. The number of aryl methyl sites for hydroxylation is 2. The van der Waals surface area contributed by atoms with Crippen LogP contribution in [0.2, 0.25) is 0 Å². The van der Waals surface area contributed by atoms with Gasteiger partial charge in [0.15, 0.2) is 0 Å². The summed E-state index contributed by atoms with van der Waals surface area (Å²) in [6.07, 6.45) is 14.7. The Hall–Kier alpha value is -1.80. The maximum absolute atomic E-state index is 9.63. The van der Waals surface area contributed by atoms with E-state index in [2.05, 4.69) is 38.1 Å². The molecule has 0 aromatic heterocycles. The van der Waals surface area contributed by atoms with Crippen LogP contribution in [0.25, 0.3) is 0 Å². The lowest BCUT2D eigenvalue weighted by atomic mass is 9.77. The smallest absolute Gasteiger partial charge is 0.101 e. The molecule has 26 heavy (non-hydrogen) atoms. The van der Waals surface area contributed by atoms with Crippen molar-refractivity contribution < 1.29 is 0 Å². The van der Waals surface area contributed by atoms with Gasteiger partial charge in [-0.3, -0.25) is 0 Å². The molecule has 0 atom stereocenters. The molecule has 140 valence electrons. The Balaban J connectivity index is 1.96. The minimum atomic E-state index is 0.627. The van der Waals surface area contributed by atoms with Crippen LogP contribution in [-0.4, -0.2) is 0 Å². The van der Waals surface area contributed by atoms with Crippen LogP contribution >= 0.6 is 0 Å². The lowest BCUT2D eigenvalue weighted by Gasteiger charge is -2.28. The standard InChI is InChI=1S/C24H34N2/c1-3-5-7-19-9-11-20(12-10-19)13-14-22-16-15-21(8-6-4-2)23(17-25)24(22)18-26/h15-16,19-20H,3-14H2,1-2H3. The van der Waals surface area contributed by atoms with Gasteiger partial charge >= 0.3 is 0 Å². The summed E-state index contributed by atoms with van der Waals surface area (Å²) in [5.41, 5.74) is 3.39. The first kappa shape index (κ1) is 20.5. The third kappa shape index (κ3) is 5.60. The van der Waals surface area contributed by atoms with Crippen LogP contribution in [0.5, 0.6) is 0 Å². The van der Waals surface area contributed by atoms with E-state index in [0.29, 0.717) is 11.1 Å². The molecule has 0 aliphatic heterocycles. The fraction of sp³-hybridized carbons (Fsp3) is 0.667. The molecule has 0 bridgehead atoms. The molecule has 0 spiro atoms. The van der Waals surface area contributed by atoms with Crippen LogP contribution in [0.4, 0.5) is 0 Å². The van der Waals surface area contributed by atoms with E-state index in [-0.39, 0.29) is 0 Å². The molecular formula is C24H34N2. The molecular weight excluding hydrogens is 316 g/mol. The highest BCUT2D eigenvalue weighted by molar-refractivity contribution is 5.54. The Kier molecular flexibility index (Phi) is 8.70. The second-order valence-corrected chi connectivity index (χ2v) is 8.03. The predicted octanol–water partition coefficient (Wildman–Crippen LogP) is 6.70. The molecule has 2 rings (SSSR count). The van der Waals surface area contributed by atoms with Gasteiger partial charge in [-0.05, 0) is 48.6 Å². The summed E-state index contributed by atoms with van der Waals surface area (Å²) in [7, 11) is 0. The molecule has 2 nitrogen and oxygen atoms in total. The lowest BCUT2D eigenvalue weighted by Crippen LogP contribution is -2.15. The highest BCUT2D eigenvalue weighted by atomic mass is 14.3. The zero-order chi connectivity index (χ0) is 18.8. The van der Waals surface area contributed by atoms with Crippen molar-refractivity contribution in [3.05, 3.63) is 34.4 Å². The summed E-state index contributed by atoms with van der Waals surface area (Å²) in [5, 5.41) is 19.2. The number of nitriles is 2. The molecule has 2 heteroatoms. The zero-order valence-electron chi connectivity index (χ0n) is 16.7. The van der Waals surface area contributed by atoms with Gasteiger partial charge in [-0.2, -0.15) is 10.5 Å². The van der Waals surface area contributed by atoms with Crippen molar-refractivity contribution in [3.8, 4) is 12.1 Å². The summed E-state index contributed by atoms with van der Waals surface area (Å²) in [6, 6.07) is 8.83. The highest BCUT2D eigenvalue weighted by Crippen LogP contribution is 2.34. The zero-order valence-corrected chi connectivity index (χ0v) is 16.7. The van der Waals surface area contributed by atoms with Crippen LogP contribution < -0.4 is 0 Å². The van der Waals surface area contributed by atoms with Crippen molar-refractivity contribution in [2.75, 3.05) is 0 Å². The van der Waals surface area contributed by atoms with Crippen LogP contribution in [-0.2, 0) is 12.8 Å². The lowest BCUT2D eigenvalue weighted by molar-refractivity contribution is 0.250. The average Bonchev–Trinajstić information content (AvgIpc) is 2.69. The number of hydrogen-bond acceptors (Lipinski definition) is 2. The first-order valence-corrected chi connectivity index (χ1v) is 10.7. The Morgan fingerprint density at radius 2 is 1.27 bits per heavy atom. The largest absolute Gasteiger partial charge is 0.192 e. The van der Waals surface area contributed by atoms with E-state index in [4.69, 9.17) is 0 Å². The van der Waals surface area contributed by atoms with Gasteiger partial charge in [-0.1, -0.05) is 77.3 Å². The van der Waals surface area contributed by atoms with E-state index in [1.165, 1.54) is 44.9 Å². The molecule has 1 aromatic rings. The topological polar surface area (TPSA) is 47.6 Å². The van der Waals surface area contributed by atoms with Gasteiger partial charge in [0.05, 0.1) is 11.1 Å². The van der Waals surface area contributed by atoms with Gasteiger partial charge in [-0.25, -0.2) is 0 Å². The van der Waals surface area contributed by atoms with Crippen molar-refractivity contribution in [1.82, 2.24) is 0 Å². The van der Waals surface area contributed by atoms with Gasteiger partial charge < -0.3 is 0 Å². The van der Waals surface area contributed by atoms with E-state index < -0.39 is 0 Å². The summed E-state index contributed by atoms with van der Waals surface area (Å²) in [6.45, 7) is 4.43. The fourth-order valence-corrected chi connectivity index (χ4v) is 4.39. The molecule has 0 unspecified atom stereocenters. The molecule has 0 saturated heterocycles. The normalized spacial score (nSPS) is 19.7. The first-order valence-electron chi connectivity index (χ1n) is 10.7. The predicted molar refractivity (Wildman–Crippen MR) is 108 cm³/mol. The Morgan fingerprint density at radius 1 is 0.769 bits per heavy atom. The number of unbranched alkanes of at least 4 members (excludes halogenated alkanes) is 2.